The summed E-state index contributed by atoms with van der Waals surface area (Å²) < 4.78 is 19.0. The van der Waals surface area contributed by atoms with Gasteiger partial charge in [-0.3, -0.25) is 4.79 Å². The van der Waals surface area contributed by atoms with Gasteiger partial charge in [0.25, 0.3) is 5.91 Å². The Kier molecular flexibility index (Phi) is 5.88. The third kappa shape index (κ3) is 4.42. The molecule has 2 aromatic carbocycles. The fourth-order valence-electron chi connectivity index (χ4n) is 2.35. The molecule has 0 aliphatic heterocycles. The van der Waals surface area contributed by atoms with E-state index < -0.39 is 23.8 Å². The third-order valence-corrected chi connectivity index (χ3v) is 4.06. The molecule has 2 N–H and O–H groups in total. The van der Waals surface area contributed by atoms with Crippen LogP contribution in [0, 0.1) is 19.7 Å². The van der Waals surface area contributed by atoms with E-state index >= 15 is 0 Å². The molecular formula is C19H20FNO4. The Bertz CT molecular complexity index is 804. The molecule has 0 spiro atoms. The van der Waals surface area contributed by atoms with Gasteiger partial charge in [0.05, 0.1) is 12.1 Å². The number of carboxylic acids is 1. The van der Waals surface area contributed by atoms with Gasteiger partial charge in [-0.1, -0.05) is 24.3 Å². The smallest absolute Gasteiger partial charge is 0.334 e. The zero-order valence-corrected chi connectivity index (χ0v) is 14.3. The molecule has 1 atom stereocenters. The maximum absolute atomic E-state index is 14.3. The normalized spacial score (nSPS) is 11.8. The Morgan fingerprint density at radius 2 is 1.76 bits per heavy atom. The quantitative estimate of drug-likeness (QED) is 0.844. The number of benzene rings is 2. The molecule has 6 heteroatoms. The number of nitrogens with one attached hydrogen (secondary N) is 1. The fraction of sp³-hybridized carbons (Fsp3) is 0.263. The molecule has 0 heterocycles. The highest BCUT2D eigenvalue weighted by atomic mass is 19.1. The molecule has 0 saturated carbocycles. The van der Waals surface area contributed by atoms with Gasteiger partial charge in [-0.05, 0) is 48.2 Å². The van der Waals surface area contributed by atoms with Gasteiger partial charge in [-0.2, -0.15) is 0 Å². The number of halogens is 1. The second kappa shape index (κ2) is 7.90. The van der Waals surface area contributed by atoms with E-state index in [4.69, 9.17) is 9.84 Å². The summed E-state index contributed by atoms with van der Waals surface area (Å²) in [6, 6.07) is 10.2. The number of carboxylic acid groups (broad SMARTS) is 1. The Morgan fingerprint density at radius 1 is 1.12 bits per heavy atom. The Morgan fingerprint density at radius 3 is 2.32 bits per heavy atom. The number of ether oxygens (including phenoxy) is 1. The highest BCUT2D eigenvalue weighted by Crippen LogP contribution is 2.24. The second-order valence-electron chi connectivity index (χ2n) is 5.77. The predicted octanol–water partition coefficient (Wildman–Crippen LogP) is 2.94. The standard InChI is InChI=1S/C19H20FNO4/c1-11-4-5-13(8-12(11)2)14-6-7-15(16(20)9-14)18(22)21-10-17(25-3)19(23)24/h4-9,17H,10H2,1-3H3,(H,21,22)(H,23,24). The maximum Gasteiger partial charge on any atom is 0.334 e. The van der Waals surface area contributed by atoms with Gasteiger partial charge < -0.3 is 15.2 Å². The molecule has 0 aliphatic rings. The number of aliphatic carboxylic acids is 1. The van der Waals surface area contributed by atoms with Gasteiger partial charge in [0, 0.05) is 7.11 Å². The first-order valence-electron chi connectivity index (χ1n) is 7.74. The van der Waals surface area contributed by atoms with Crippen LogP contribution in [-0.2, 0) is 9.53 Å². The summed E-state index contributed by atoms with van der Waals surface area (Å²) in [6.07, 6.45) is -1.18. The highest BCUT2D eigenvalue weighted by molar-refractivity contribution is 5.95. The van der Waals surface area contributed by atoms with Crippen LogP contribution in [0.1, 0.15) is 21.5 Å². The Hall–Kier alpha value is -2.73. The zero-order valence-electron chi connectivity index (χ0n) is 14.3. The van der Waals surface area contributed by atoms with E-state index in [1.54, 1.807) is 6.07 Å². The summed E-state index contributed by atoms with van der Waals surface area (Å²) in [4.78, 5) is 22.9. The van der Waals surface area contributed by atoms with Crippen LogP contribution in [0.5, 0.6) is 0 Å². The van der Waals surface area contributed by atoms with Crippen molar-refractivity contribution >= 4 is 11.9 Å². The molecule has 1 amide bonds. The van der Waals surface area contributed by atoms with Gasteiger partial charge in [-0.25, -0.2) is 9.18 Å². The van der Waals surface area contributed by atoms with Crippen LogP contribution >= 0.6 is 0 Å². The largest absolute Gasteiger partial charge is 0.479 e. The molecule has 0 radical (unpaired) electrons. The summed E-state index contributed by atoms with van der Waals surface area (Å²) in [5.74, 6) is -2.56. The summed E-state index contributed by atoms with van der Waals surface area (Å²) in [6.45, 7) is 3.73. The number of methoxy groups -OCH3 is 1. The molecule has 0 fully saturated rings. The molecule has 0 saturated heterocycles. The molecule has 2 aromatic rings. The van der Waals surface area contributed by atoms with Crippen molar-refractivity contribution in [2.75, 3.05) is 13.7 Å². The van der Waals surface area contributed by atoms with Crippen LogP contribution in [0.2, 0.25) is 0 Å². The van der Waals surface area contributed by atoms with Crippen molar-refractivity contribution in [3.8, 4) is 11.1 Å². The number of carbonyl (C=O) groups is 2. The van der Waals surface area contributed by atoms with Crippen LogP contribution < -0.4 is 5.32 Å². The second-order valence-corrected chi connectivity index (χ2v) is 5.77. The zero-order chi connectivity index (χ0) is 18.6. The van der Waals surface area contributed by atoms with Crippen LogP contribution in [-0.4, -0.2) is 36.7 Å². The average Bonchev–Trinajstić information content (AvgIpc) is 2.57. The molecule has 25 heavy (non-hydrogen) atoms. The topological polar surface area (TPSA) is 75.6 Å². The van der Waals surface area contributed by atoms with Crippen molar-refractivity contribution < 1.29 is 23.8 Å². The molecule has 2 rings (SSSR count). The Labute approximate surface area is 145 Å². The lowest BCUT2D eigenvalue weighted by Gasteiger charge is -2.12. The summed E-state index contributed by atoms with van der Waals surface area (Å²) in [5.41, 5.74) is 3.62. The number of carbonyl (C=O) groups excluding carboxylic acids is 1. The lowest BCUT2D eigenvalue weighted by atomic mass is 9.99. The lowest BCUT2D eigenvalue weighted by Crippen LogP contribution is -2.38. The van der Waals surface area contributed by atoms with E-state index in [0.29, 0.717) is 5.56 Å². The molecule has 1 unspecified atom stereocenters. The number of aryl methyl sites for hydroxylation is 2. The van der Waals surface area contributed by atoms with Crippen LogP contribution in [0.15, 0.2) is 36.4 Å². The molecule has 5 nitrogen and oxygen atoms in total. The lowest BCUT2D eigenvalue weighted by molar-refractivity contribution is -0.148. The highest BCUT2D eigenvalue weighted by Gasteiger charge is 2.19. The van der Waals surface area contributed by atoms with E-state index in [2.05, 4.69) is 5.32 Å². The number of amides is 1. The van der Waals surface area contributed by atoms with Crippen molar-refractivity contribution in [1.29, 1.82) is 0 Å². The van der Waals surface area contributed by atoms with Gasteiger partial charge in [-0.15, -0.1) is 0 Å². The van der Waals surface area contributed by atoms with Crippen molar-refractivity contribution in [2.24, 2.45) is 0 Å². The van der Waals surface area contributed by atoms with Crippen LogP contribution in [0.25, 0.3) is 11.1 Å². The van der Waals surface area contributed by atoms with E-state index in [1.807, 2.05) is 32.0 Å². The third-order valence-electron chi connectivity index (χ3n) is 4.06. The first-order chi connectivity index (χ1) is 11.8. The van der Waals surface area contributed by atoms with E-state index in [-0.39, 0.29) is 12.1 Å². The number of rotatable bonds is 6. The van der Waals surface area contributed by atoms with Crippen LogP contribution in [0.3, 0.4) is 0 Å². The number of hydrogen-bond donors (Lipinski definition) is 2. The number of hydrogen-bond acceptors (Lipinski definition) is 3. The first kappa shape index (κ1) is 18.6. The molecular weight excluding hydrogens is 325 g/mol. The van der Waals surface area contributed by atoms with Gasteiger partial charge in [0.15, 0.2) is 6.10 Å². The first-order valence-corrected chi connectivity index (χ1v) is 7.74. The van der Waals surface area contributed by atoms with E-state index in [9.17, 15) is 14.0 Å². The van der Waals surface area contributed by atoms with Crippen molar-refractivity contribution in [3.05, 3.63) is 58.9 Å². The minimum atomic E-state index is -1.20. The monoisotopic (exact) mass is 345 g/mol. The van der Waals surface area contributed by atoms with Gasteiger partial charge in [0.1, 0.15) is 5.82 Å². The molecule has 0 bridgehead atoms. The minimum Gasteiger partial charge on any atom is -0.479 e. The maximum atomic E-state index is 14.3. The molecule has 132 valence electrons. The van der Waals surface area contributed by atoms with Crippen molar-refractivity contribution in [3.63, 3.8) is 0 Å². The average molecular weight is 345 g/mol. The summed E-state index contributed by atoms with van der Waals surface area (Å²) in [7, 11) is 1.23. The fourth-order valence-corrected chi connectivity index (χ4v) is 2.35. The Balaban J connectivity index is 2.17. The van der Waals surface area contributed by atoms with E-state index in [1.165, 1.54) is 19.2 Å². The van der Waals surface area contributed by atoms with Gasteiger partial charge in [0.2, 0.25) is 0 Å². The SMILES string of the molecule is COC(CNC(=O)c1ccc(-c2ccc(C)c(C)c2)cc1F)C(=O)O. The van der Waals surface area contributed by atoms with Gasteiger partial charge >= 0.3 is 5.97 Å². The molecule has 0 aromatic heterocycles. The summed E-state index contributed by atoms with van der Waals surface area (Å²) in [5, 5.41) is 11.2. The predicted molar refractivity (Wildman–Crippen MR) is 92.1 cm³/mol. The minimum absolute atomic E-state index is 0.146. The molecule has 0 aliphatic carbocycles. The summed E-state index contributed by atoms with van der Waals surface area (Å²) >= 11 is 0. The van der Waals surface area contributed by atoms with Crippen molar-refractivity contribution in [2.45, 2.75) is 20.0 Å². The van der Waals surface area contributed by atoms with Crippen LogP contribution in [0.4, 0.5) is 4.39 Å². The van der Waals surface area contributed by atoms with Crippen molar-refractivity contribution in [1.82, 2.24) is 5.32 Å². The van der Waals surface area contributed by atoms with E-state index in [0.717, 1.165) is 16.7 Å².